The van der Waals surface area contributed by atoms with Crippen LogP contribution in [0.5, 0.6) is 5.75 Å². The molecule has 1 aromatic rings. The number of carbonyl (C=O) groups is 2. The highest BCUT2D eigenvalue weighted by atomic mass is 79.9. The van der Waals surface area contributed by atoms with Crippen molar-refractivity contribution in [3.63, 3.8) is 0 Å². The van der Waals surface area contributed by atoms with E-state index in [-0.39, 0.29) is 12.3 Å². The summed E-state index contributed by atoms with van der Waals surface area (Å²) in [5.41, 5.74) is 0.804. The van der Waals surface area contributed by atoms with Gasteiger partial charge in [-0.3, -0.25) is 14.5 Å². The molecule has 0 aliphatic carbocycles. The fourth-order valence-corrected chi connectivity index (χ4v) is 4.05. The zero-order valence-electron chi connectivity index (χ0n) is 13.7. The molecule has 1 aliphatic heterocycles. The topological polar surface area (TPSA) is 66.8 Å². The predicted molar refractivity (Wildman–Crippen MR) is 107 cm³/mol. The summed E-state index contributed by atoms with van der Waals surface area (Å²) in [5, 5.41) is 8.64. The molecule has 1 saturated heterocycles. The van der Waals surface area contributed by atoms with E-state index < -0.39 is 5.97 Å². The van der Waals surface area contributed by atoms with Gasteiger partial charge in [-0.1, -0.05) is 46.3 Å². The van der Waals surface area contributed by atoms with E-state index in [0.29, 0.717) is 27.9 Å². The van der Waals surface area contributed by atoms with Gasteiger partial charge in [0.2, 0.25) is 0 Å². The highest BCUT2D eigenvalue weighted by molar-refractivity contribution is 9.10. The lowest BCUT2D eigenvalue weighted by molar-refractivity contribution is -0.137. The number of carbonyl (C=O) groups excluding carboxylic acids is 1. The Morgan fingerprint density at radius 3 is 2.84 bits per heavy atom. The van der Waals surface area contributed by atoms with Crippen LogP contribution in [0.3, 0.4) is 0 Å². The van der Waals surface area contributed by atoms with Gasteiger partial charge in [-0.25, -0.2) is 0 Å². The molecule has 1 aromatic carbocycles. The van der Waals surface area contributed by atoms with Crippen molar-refractivity contribution in [2.45, 2.75) is 25.7 Å². The van der Waals surface area contributed by atoms with Crippen molar-refractivity contribution in [3.8, 4) is 5.75 Å². The van der Waals surface area contributed by atoms with Crippen molar-refractivity contribution in [1.29, 1.82) is 0 Å². The number of methoxy groups -OCH3 is 1. The number of nitrogens with zero attached hydrogens (tertiary/aromatic N) is 1. The molecule has 1 heterocycles. The van der Waals surface area contributed by atoms with Gasteiger partial charge in [-0.15, -0.1) is 0 Å². The Morgan fingerprint density at radius 2 is 2.16 bits per heavy atom. The number of thiocarbonyl (C=S) groups is 1. The van der Waals surface area contributed by atoms with E-state index in [1.54, 1.807) is 18.1 Å². The number of thioether (sulfide) groups is 1. The van der Waals surface area contributed by atoms with Crippen molar-refractivity contribution in [3.05, 3.63) is 33.1 Å². The van der Waals surface area contributed by atoms with Crippen LogP contribution >= 0.6 is 39.9 Å². The number of rotatable bonds is 8. The van der Waals surface area contributed by atoms with Crippen LogP contribution in [0.25, 0.3) is 6.08 Å². The van der Waals surface area contributed by atoms with Gasteiger partial charge in [0, 0.05) is 23.0 Å². The number of benzene rings is 1. The van der Waals surface area contributed by atoms with Gasteiger partial charge >= 0.3 is 5.97 Å². The summed E-state index contributed by atoms with van der Waals surface area (Å²) < 4.78 is 6.76. The zero-order valence-corrected chi connectivity index (χ0v) is 16.9. The maximum absolute atomic E-state index is 12.6. The summed E-state index contributed by atoms with van der Waals surface area (Å²) >= 11 is 10.0. The molecule has 0 saturated carbocycles. The molecular formula is C17H18BrNO4S2. The molecule has 134 valence electrons. The first-order valence-corrected chi connectivity index (χ1v) is 9.75. The second-order valence-electron chi connectivity index (χ2n) is 5.42. The van der Waals surface area contributed by atoms with Crippen LogP contribution in [0.1, 0.15) is 31.2 Å². The molecule has 1 fully saturated rings. The first kappa shape index (κ1) is 19.9. The average Bonchev–Trinajstić information content (AvgIpc) is 2.81. The van der Waals surface area contributed by atoms with E-state index >= 15 is 0 Å². The number of ether oxygens (including phenoxy) is 1. The number of halogens is 1. The van der Waals surface area contributed by atoms with Crippen molar-refractivity contribution in [2.24, 2.45) is 0 Å². The Morgan fingerprint density at radius 1 is 1.40 bits per heavy atom. The second-order valence-corrected chi connectivity index (χ2v) is 8.02. The molecule has 0 bridgehead atoms. The number of amides is 1. The van der Waals surface area contributed by atoms with Crippen molar-refractivity contribution < 1.29 is 19.4 Å². The van der Waals surface area contributed by atoms with Gasteiger partial charge < -0.3 is 9.84 Å². The molecule has 0 spiro atoms. The van der Waals surface area contributed by atoms with Crippen molar-refractivity contribution >= 4 is 62.2 Å². The van der Waals surface area contributed by atoms with Gasteiger partial charge in [0.1, 0.15) is 10.1 Å². The van der Waals surface area contributed by atoms with Gasteiger partial charge in [0.15, 0.2) is 0 Å². The Bertz CT molecular complexity index is 721. The minimum absolute atomic E-state index is 0.115. The molecule has 0 aromatic heterocycles. The van der Waals surface area contributed by atoms with E-state index in [1.807, 2.05) is 18.2 Å². The molecule has 1 amide bonds. The van der Waals surface area contributed by atoms with E-state index in [2.05, 4.69) is 15.9 Å². The molecule has 5 nitrogen and oxygen atoms in total. The first-order valence-electron chi connectivity index (χ1n) is 7.73. The van der Waals surface area contributed by atoms with Crippen LogP contribution in [0, 0.1) is 0 Å². The molecule has 25 heavy (non-hydrogen) atoms. The maximum Gasteiger partial charge on any atom is 0.303 e. The van der Waals surface area contributed by atoms with Crippen molar-refractivity contribution in [1.82, 2.24) is 4.90 Å². The number of carboxylic acid groups (broad SMARTS) is 1. The molecule has 2 rings (SSSR count). The van der Waals surface area contributed by atoms with E-state index in [0.717, 1.165) is 22.9 Å². The van der Waals surface area contributed by atoms with Crippen LogP contribution in [0.4, 0.5) is 0 Å². The second kappa shape index (κ2) is 9.35. The third-order valence-corrected chi connectivity index (χ3v) is 5.50. The van der Waals surface area contributed by atoms with E-state index in [9.17, 15) is 9.59 Å². The molecular weight excluding hydrogens is 426 g/mol. The van der Waals surface area contributed by atoms with Crippen LogP contribution in [0.2, 0.25) is 0 Å². The summed E-state index contributed by atoms with van der Waals surface area (Å²) in [6.45, 7) is 0.511. The monoisotopic (exact) mass is 443 g/mol. The summed E-state index contributed by atoms with van der Waals surface area (Å²) in [6.07, 6.45) is 4.03. The Kier molecular flexibility index (Phi) is 7.46. The molecule has 1 aliphatic rings. The fourth-order valence-electron chi connectivity index (χ4n) is 2.37. The summed E-state index contributed by atoms with van der Waals surface area (Å²) in [4.78, 5) is 25.2. The lowest BCUT2D eigenvalue weighted by Gasteiger charge is -2.13. The molecule has 8 heteroatoms. The highest BCUT2D eigenvalue weighted by Gasteiger charge is 2.31. The number of hydrogen-bond donors (Lipinski definition) is 1. The van der Waals surface area contributed by atoms with Crippen LogP contribution in [0.15, 0.2) is 27.6 Å². The summed E-state index contributed by atoms with van der Waals surface area (Å²) in [5.74, 6) is -0.228. The normalized spacial score (nSPS) is 15.9. The number of aliphatic carboxylic acids is 1. The third kappa shape index (κ3) is 5.55. The molecule has 1 N–H and O–H groups in total. The van der Waals surface area contributed by atoms with E-state index in [4.69, 9.17) is 22.1 Å². The van der Waals surface area contributed by atoms with Crippen LogP contribution in [-0.4, -0.2) is 39.9 Å². The Labute approximate surface area is 164 Å². The lowest BCUT2D eigenvalue weighted by atomic mass is 10.1. The molecule has 0 atom stereocenters. The molecule has 0 unspecified atom stereocenters. The van der Waals surface area contributed by atoms with E-state index in [1.165, 1.54) is 11.8 Å². The number of unbranched alkanes of at least 4 members (excludes halogenated alkanes) is 2. The summed E-state index contributed by atoms with van der Waals surface area (Å²) in [6, 6.07) is 5.59. The average molecular weight is 444 g/mol. The minimum Gasteiger partial charge on any atom is -0.496 e. The number of hydrogen-bond acceptors (Lipinski definition) is 5. The zero-order chi connectivity index (χ0) is 18.4. The smallest absolute Gasteiger partial charge is 0.303 e. The predicted octanol–water partition coefficient (Wildman–Crippen LogP) is 4.30. The highest BCUT2D eigenvalue weighted by Crippen LogP contribution is 2.35. The Hall–Kier alpha value is -1.38. The quantitative estimate of drug-likeness (QED) is 0.366. The standard InChI is InChI=1S/C17H18BrNO4S2/c1-23-13-7-6-12(18)9-11(13)10-14-16(22)19(17(24)25-14)8-4-2-3-5-15(20)21/h6-7,9-10H,2-5,8H2,1H3,(H,20,21)/b14-10+. The lowest BCUT2D eigenvalue weighted by Crippen LogP contribution is -2.29. The van der Waals surface area contributed by atoms with Crippen molar-refractivity contribution in [2.75, 3.05) is 13.7 Å². The minimum atomic E-state index is -0.795. The van der Waals surface area contributed by atoms with Gasteiger partial charge in [-0.05, 0) is 37.1 Å². The Balaban J connectivity index is 2.03. The van der Waals surface area contributed by atoms with Gasteiger partial charge in [-0.2, -0.15) is 0 Å². The molecule has 0 radical (unpaired) electrons. The van der Waals surface area contributed by atoms with Crippen LogP contribution < -0.4 is 4.74 Å². The van der Waals surface area contributed by atoms with Gasteiger partial charge in [0.25, 0.3) is 5.91 Å². The number of carboxylic acids is 1. The summed E-state index contributed by atoms with van der Waals surface area (Å²) in [7, 11) is 1.59. The first-order chi connectivity index (χ1) is 11.9. The fraction of sp³-hybridized carbons (Fsp3) is 0.353. The van der Waals surface area contributed by atoms with Crippen LogP contribution in [-0.2, 0) is 9.59 Å². The largest absolute Gasteiger partial charge is 0.496 e. The SMILES string of the molecule is COc1ccc(Br)cc1/C=C1/SC(=S)N(CCCCCC(=O)O)C1=O. The third-order valence-electron chi connectivity index (χ3n) is 3.62. The maximum atomic E-state index is 12.6. The van der Waals surface area contributed by atoms with Gasteiger partial charge in [0.05, 0.1) is 12.0 Å².